The molecule has 0 radical (unpaired) electrons. The fraction of sp³-hybridized carbons (Fsp3) is 0.280. The van der Waals surface area contributed by atoms with Crippen LogP contribution in [0.5, 0.6) is 0 Å². The Morgan fingerprint density at radius 3 is 2.19 bits per heavy atom. The molecule has 0 aliphatic heterocycles. The number of amides is 2. The lowest BCUT2D eigenvalue weighted by Crippen LogP contribution is -2.30. The van der Waals surface area contributed by atoms with Crippen LogP contribution in [0, 0.1) is 6.92 Å². The Morgan fingerprint density at radius 1 is 1.05 bits per heavy atom. The van der Waals surface area contributed by atoms with Crippen molar-refractivity contribution >= 4 is 45.5 Å². The number of carboxylic acid groups (broad SMARTS) is 1. The summed E-state index contributed by atoms with van der Waals surface area (Å²) < 4.78 is 35.4. The number of para-hydroxylation sites is 1. The predicted molar refractivity (Wildman–Crippen MR) is 133 cm³/mol. The van der Waals surface area contributed by atoms with Crippen LogP contribution in [0.25, 0.3) is 21.9 Å². The average Bonchev–Trinajstić information content (AvgIpc) is 3.34. The number of rotatable bonds is 3. The number of alkyl halides is 3. The first-order valence-electron chi connectivity index (χ1n) is 11.1. The van der Waals surface area contributed by atoms with E-state index in [0.717, 1.165) is 27.6 Å². The highest BCUT2D eigenvalue weighted by Gasteiger charge is 2.38. The van der Waals surface area contributed by atoms with Crippen molar-refractivity contribution in [1.29, 1.82) is 0 Å². The van der Waals surface area contributed by atoms with Gasteiger partial charge in [0, 0.05) is 31.2 Å². The fourth-order valence-electron chi connectivity index (χ4n) is 3.81. The summed E-state index contributed by atoms with van der Waals surface area (Å²) in [6, 6.07) is 13.3. The van der Waals surface area contributed by atoms with E-state index in [1.165, 1.54) is 9.47 Å². The summed E-state index contributed by atoms with van der Waals surface area (Å²) in [4.78, 5) is 40.9. The molecule has 0 saturated heterocycles. The summed E-state index contributed by atoms with van der Waals surface area (Å²) >= 11 is 0. The van der Waals surface area contributed by atoms with E-state index < -0.39 is 12.1 Å². The maximum absolute atomic E-state index is 13.2. The molecule has 3 heterocycles. The summed E-state index contributed by atoms with van der Waals surface area (Å²) in [6.07, 6.45) is -3.47. The lowest BCUT2D eigenvalue weighted by Gasteiger charge is -2.15. The van der Waals surface area contributed by atoms with Gasteiger partial charge in [-0.3, -0.25) is 14.3 Å². The number of benzene rings is 1. The average molecular weight is 518 g/mol. The van der Waals surface area contributed by atoms with E-state index in [1.807, 2.05) is 37.3 Å². The Bertz CT molecular complexity index is 1470. The second-order valence-corrected chi connectivity index (χ2v) is 8.70. The molecular weight excluding hydrogens is 491 g/mol. The lowest BCUT2D eigenvalue weighted by atomic mass is 10.2. The van der Waals surface area contributed by atoms with Crippen LogP contribution in [0.4, 0.5) is 23.7 Å². The quantitative estimate of drug-likeness (QED) is 0.384. The van der Waals surface area contributed by atoms with Gasteiger partial charge >= 0.3 is 18.2 Å². The summed E-state index contributed by atoms with van der Waals surface area (Å²) in [7, 11) is 3.36. The number of pyridine rings is 1. The minimum atomic E-state index is -5.08. The molecule has 9 nitrogen and oxygen atoms in total. The lowest BCUT2D eigenvalue weighted by molar-refractivity contribution is -0.192. The van der Waals surface area contributed by atoms with E-state index in [9.17, 15) is 22.8 Å². The smallest absolute Gasteiger partial charge is 0.475 e. The summed E-state index contributed by atoms with van der Waals surface area (Å²) in [5.41, 5.74) is 4.37. The van der Waals surface area contributed by atoms with E-state index in [-0.39, 0.29) is 18.0 Å². The monoisotopic (exact) mass is 517 g/mol. The van der Waals surface area contributed by atoms with Gasteiger partial charge in [-0.1, -0.05) is 18.2 Å². The molecular formula is C25H26F3N5O4. The van der Waals surface area contributed by atoms with Crippen LogP contribution >= 0.6 is 0 Å². The van der Waals surface area contributed by atoms with E-state index in [0.29, 0.717) is 11.4 Å². The Morgan fingerprint density at radius 2 is 1.68 bits per heavy atom. The number of hydrogen-bond donors (Lipinski definition) is 2. The highest BCUT2D eigenvalue weighted by atomic mass is 19.4. The van der Waals surface area contributed by atoms with Gasteiger partial charge in [0.25, 0.3) is 5.91 Å². The zero-order valence-electron chi connectivity index (χ0n) is 20.8. The van der Waals surface area contributed by atoms with Crippen LogP contribution in [0.2, 0.25) is 0 Å². The molecule has 0 spiro atoms. The Balaban J connectivity index is 0.000000479. The largest absolute Gasteiger partial charge is 0.490 e. The third kappa shape index (κ3) is 5.57. The topological polar surface area (TPSA) is 109 Å². The maximum atomic E-state index is 13.2. The standard InChI is InChI=1S/C23H25N5O2.C2HF3O2/c1-14(2)27-18-9-7-6-8-17(18)21-19(27)12-20(28(21)23(30)26(4)5)22(29)25-16-11-10-15(3)24-13-16;3-2(4,5)1(6)7/h6-14H,1-5H3,(H,25,29);(H,6,7). The van der Waals surface area contributed by atoms with Crippen molar-refractivity contribution in [2.75, 3.05) is 19.4 Å². The molecule has 0 unspecified atom stereocenters. The van der Waals surface area contributed by atoms with Crippen molar-refractivity contribution in [3.63, 3.8) is 0 Å². The number of fused-ring (bicyclic) bond motifs is 3. The molecule has 0 aliphatic rings. The van der Waals surface area contributed by atoms with Gasteiger partial charge in [0.1, 0.15) is 5.69 Å². The zero-order chi connectivity index (χ0) is 27.7. The number of hydrogen-bond acceptors (Lipinski definition) is 4. The highest BCUT2D eigenvalue weighted by molar-refractivity contribution is 6.16. The maximum Gasteiger partial charge on any atom is 0.490 e. The number of aliphatic carboxylic acids is 1. The molecule has 37 heavy (non-hydrogen) atoms. The second-order valence-electron chi connectivity index (χ2n) is 8.70. The predicted octanol–water partition coefficient (Wildman–Crippen LogP) is 5.30. The van der Waals surface area contributed by atoms with Crippen molar-refractivity contribution < 1.29 is 32.7 Å². The molecule has 1 aromatic carbocycles. The number of aromatic nitrogens is 3. The first kappa shape index (κ1) is 27.2. The van der Waals surface area contributed by atoms with Crippen LogP contribution in [0.1, 0.15) is 36.1 Å². The second kappa shape index (κ2) is 10.3. The van der Waals surface area contributed by atoms with Gasteiger partial charge in [-0.25, -0.2) is 9.59 Å². The molecule has 2 amide bonds. The van der Waals surface area contributed by atoms with Gasteiger partial charge in [0.2, 0.25) is 0 Å². The molecule has 0 saturated carbocycles. The molecule has 196 valence electrons. The number of halogens is 3. The van der Waals surface area contributed by atoms with Crippen LogP contribution in [-0.2, 0) is 4.79 Å². The van der Waals surface area contributed by atoms with E-state index in [4.69, 9.17) is 9.90 Å². The number of anilines is 1. The van der Waals surface area contributed by atoms with Gasteiger partial charge < -0.3 is 19.9 Å². The van der Waals surface area contributed by atoms with Crippen molar-refractivity contribution in [3.05, 3.63) is 60.0 Å². The Kier molecular flexibility index (Phi) is 7.61. The Hall–Kier alpha value is -4.35. The number of carbonyl (C=O) groups is 3. The molecule has 3 aromatic heterocycles. The minimum absolute atomic E-state index is 0.162. The van der Waals surface area contributed by atoms with E-state index in [2.05, 4.69) is 28.7 Å². The van der Waals surface area contributed by atoms with Crippen LogP contribution < -0.4 is 5.32 Å². The molecule has 0 atom stereocenters. The summed E-state index contributed by atoms with van der Waals surface area (Å²) in [5, 5.41) is 10.9. The zero-order valence-corrected chi connectivity index (χ0v) is 20.8. The number of aryl methyl sites for hydroxylation is 1. The highest BCUT2D eigenvalue weighted by Crippen LogP contribution is 2.34. The normalized spacial score (nSPS) is 11.4. The van der Waals surface area contributed by atoms with Gasteiger partial charge in [0.05, 0.1) is 28.4 Å². The molecule has 0 bridgehead atoms. The van der Waals surface area contributed by atoms with Gasteiger partial charge in [-0.15, -0.1) is 0 Å². The molecule has 2 N–H and O–H groups in total. The summed E-state index contributed by atoms with van der Waals surface area (Å²) in [5.74, 6) is -3.11. The van der Waals surface area contributed by atoms with Crippen molar-refractivity contribution in [2.24, 2.45) is 0 Å². The van der Waals surface area contributed by atoms with E-state index >= 15 is 0 Å². The first-order valence-corrected chi connectivity index (χ1v) is 11.1. The third-order valence-electron chi connectivity index (χ3n) is 5.39. The van der Waals surface area contributed by atoms with Crippen molar-refractivity contribution in [1.82, 2.24) is 19.0 Å². The van der Waals surface area contributed by atoms with Crippen molar-refractivity contribution in [3.8, 4) is 0 Å². The Labute approximate surface area is 210 Å². The van der Waals surface area contributed by atoms with Crippen LogP contribution in [-0.4, -0.2) is 62.3 Å². The number of carboxylic acids is 1. The van der Waals surface area contributed by atoms with Crippen molar-refractivity contribution in [2.45, 2.75) is 33.0 Å². The number of nitrogens with zero attached hydrogens (tertiary/aromatic N) is 4. The van der Waals surface area contributed by atoms with Gasteiger partial charge in [0.15, 0.2) is 0 Å². The molecule has 4 aromatic rings. The molecule has 0 aliphatic carbocycles. The van der Waals surface area contributed by atoms with Crippen LogP contribution in [0.3, 0.4) is 0 Å². The fourth-order valence-corrected chi connectivity index (χ4v) is 3.81. The molecule has 12 heteroatoms. The minimum Gasteiger partial charge on any atom is -0.475 e. The number of nitrogens with one attached hydrogen (secondary N) is 1. The van der Waals surface area contributed by atoms with Crippen LogP contribution in [0.15, 0.2) is 48.7 Å². The van der Waals surface area contributed by atoms with Gasteiger partial charge in [-0.05, 0) is 45.0 Å². The molecule has 4 rings (SSSR count). The summed E-state index contributed by atoms with van der Waals surface area (Å²) in [6.45, 7) is 6.07. The molecule has 0 fully saturated rings. The van der Waals surface area contributed by atoms with Gasteiger partial charge in [-0.2, -0.15) is 13.2 Å². The third-order valence-corrected chi connectivity index (χ3v) is 5.39. The SMILES string of the molecule is Cc1ccc(NC(=O)c2cc3c(c4ccccc4n3C(C)C)n2C(=O)N(C)C)cn1.O=C(O)C(F)(F)F. The number of carbonyl (C=O) groups excluding carboxylic acids is 2. The first-order chi connectivity index (χ1) is 17.2. The van der Waals surface area contributed by atoms with E-state index in [1.54, 1.807) is 32.4 Å².